The zero-order valence-corrected chi connectivity index (χ0v) is 25.6. The number of sulfonamides is 1. The number of anilines is 2. The van der Waals surface area contributed by atoms with Crippen LogP contribution in [0.2, 0.25) is 0 Å². The number of nitrogens with zero attached hydrogens (tertiary/aromatic N) is 4. The Bertz CT molecular complexity index is 1550. The summed E-state index contributed by atoms with van der Waals surface area (Å²) in [6.45, 7) is 1.45. The van der Waals surface area contributed by atoms with Crippen molar-refractivity contribution in [2.24, 2.45) is 0 Å². The first-order valence-corrected chi connectivity index (χ1v) is 14.8. The number of halogens is 4. The van der Waals surface area contributed by atoms with Crippen LogP contribution >= 0.6 is 23.7 Å². The van der Waals surface area contributed by atoms with Crippen molar-refractivity contribution in [3.8, 4) is 5.75 Å². The fraction of sp³-hybridized carbons (Fsp3) is 0.346. The number of piperazine rings is 1. The molecule has 0 bridgehead atoms. The number of benzene rings is 2. The highest BCUT2D eigenvalue weighted by atomic mass is 35.5. The lowest BCUT2D eigenvalue weighted by molar-refractivity contribution is -0.274. The number of alkyl halides is 3. The Labute approximate surface area is 256 Å². The molecule has 3 aromatic rings. The minimum Gasteiger partial charge on any atom is -0.477 e. The monoisotopic (exact) mass is 663 g/mol. The van der Waals surface area contributed by atoms with E-state index in [1.54, 1.807) is 11.8 Å². The summed E-state index contributed by atoms with van der Waals surface area (Å²) in [7, 11) is -0.565. The number of carbonyl (C=O) groups is 2. The molecule has 1 fully saturated rings. The first kappa shape index (κ1) is 33.9. The van der Waals surface area contributed by atoms with Gasteiger partial charge in [0.25, 0.3) is 0 Å². The molecule has 1 aromatic heterocycles. The Kier molecular flexibility index (Phi) is 10.5. The van der Waals surface area contributed by atoms with Gasteiger partial charge in [0, 0.05) is 46.0 Å². The average Bonchev–Trinajstić information content (AvgIpc) is 3.33. The summed E-state index contributed by atoms with van der Waals surface area (Å²) >= 11 is 0.919. The summed E-state index contributed by atoms with van der Waals surface area (Å²) in [6.07, 6.45) is -4.94. The smallest absolute Gasteiger partial charge is 0.477 e. The summed E-state index contributed by atoms with van der Waals surface area (Å²) < 4.78 is 69.8. The molecule has 2 heterocycles. The highest BCUT2D eigenvalue weighted by Gasteiger charge is 2.41. The van der Waals surface area contributed by atoms with Gasteiger partial charge < -0.3 is 25.0 Å². The van der Waals surface area contributed by atoms with E-state index in [0.717, 1.165) is 51.2 Å². The number of aryl methyl sites for hydroxylation is 1. The van der Waals surface area contributed by atoms with Crippen LogP contribution < -0.4 is 19.9 Å². The molecular formula is C26H29ClF3N5O6S2. The Morgan fingerprint density at radius 2 is 1.74 bits per heavy atom. The normalized spacial score (nSPS) is 15.9. The Hall–Kier alpha value is -3.60. The predicted octanol–water partition coefficient (Wildman–Crippen LogP) is 3.73. The lowest BCUT2D eigenvalue weighted by atomic mass is 10.1. The van der Waals surface area contributed by atoms with E-state index in [0.29, 0.717) is 10.8 Å². The average molecular weight is 664 g/mol. The van der Waals surface area contributed by atoms with Crippen LogP contribution in [0, 0.1) is 6.92 Å². The van der Waals surface area contributed by atoms with Crippen molar-refractivity contribution in [3.63, 3.8) is 0 Å². The molecule has 1 atom stereocenters. The van der Waals surface area contributed by atoms with Crippen LogP contribution in [-0.2, 0) is 21.4 Å². The number of nitrogens with one attached hydrogen (secondary N) is 1. The van der Waals surface area contributed by atoms with Gasteiger partial charge in [-0.25, -0.2) is 18.2 Å². The number of aromatic nitrogens is 1. The van der Waals surface area contributed by atoms with E-state index in [9.17, 15) is 36.3 Å². The first-order valence-electron chi connectivity index (χ1n) is 12.5. The van der Waals surface area contributed by atoms with E-state index in [1.807, 2.05) is 43.3 Å². The zero-order chi connectivity index (χ0) is 30.8. The second-order valence-electron chi connectivity index (χ2n) is 9.59. The maximum absolute atomic E-state index is 13.6. The number of carbonyl (C=O) groups excluding carboxylic acids is 1. The van der Waals surface area contributed by atoms with Gasteiger partial charge in [-0.1, -0.05) is 23.5 Å². The number of amides is 1. The number of hydrogen-bond donors (Lipinski definition) is 2. The van der Waals surface area contributed by atoms with E-state index < -0.39 is 40.1 Å². The molecule has 0 spiro atoms. The van der Waals surface area contributed by atoms with Gasteiger partial charge in [0.2, 0.25) is 15.9 Å². The maximum Gasteiger partial charge on any atom is 0.573 e. The minimum atomic E-state index is -4.94. The van der Waals surface area contributed by atoms with Crippen LogP contribution in [0.1, 0.15) is 20.9 Å². The summed E-state index contributed by atoms with van der Waals surface area (Å²) in [5.41, 5.74) is 2.02. The van der Waals surface area contributed by atoms with E-state index >= 15 is 0 Å². The second-order valence-corrected chi connectivity index (χ2v) is 12.5. The fourth-order valence-electron chi connectivity index (χ4n) is 4.32. The number of ether oxygens (including phenoxy) is 1. The predicted molar refractivity (Wildman–Crippen MR) is 157 cm³/mol. The lowest BCUT2D eigenvalue weighted by Gasteiger charge is -2.39. The minimum absolute atomic E-state index is 0. The summed E-state index contributed by atoms with van der Waals surface area (Å²) in [5, 5.41) is 12.5. The molecule has 0 saturated carbocycles. The third-order valence-electron chi connectivity index (χ3n) is 6.47. The topological polar surface area (TPSA) is 132 Å². The van der Waals surface area contributed by atoms with Gasteiger partial charge in [-0.3, -0.25) is 4.79 Å². The van der Waals surface area contributed by atoms with E-state index in [2.05, 4.69) is 15.0 Å². The highest BCUT2D eigenvalue weighted by molar-refractivity contribution is 7.89. The van der Waals surface area contributed by atoms with Crippen LogP contribution in [0.4, 0.5) is 24.0 Å². The fourth-order valence-corrected chi connectivity index (χ4v) is 6.84. The summed E-state index contributed by atoms with van der Waals surface area (Å²) in [5.74, 6) is -2.34. The highest BCUT2D eigenvalue weighted by Crippen LogP contribution is 2.31. The molecule has 0 aliphatic carbocycles. The van der Waals surface area contributed by atoms with Crippen LogP contribution in [0.3, 0.4) is 0 Å². The van der Waals surface area contributed by atoms with Crippen molar-refractivity contribution in [1.82, 2.24) is 14.6 Å². The van der Waals surface area contributed by atoms with Gasteiger partial charge in [0.15, 0.2) is 5.13 Å². The van der Waals surface area contributed by atoms with Crippen molar-refractivity contribution in [2.45, 2.75) is 30.8 Å². The van der Waals surface area contributed by atoms with Gasteiger partial charge in [0.1, 0.15) is 16.7 Å². The van der Waals surface area contributed by atoms with Crippen molar-refractivity contribution >= 4 is 56.5 Å². The third kappa shape index (κ3) is 8.07. The molecule has 1 saturated heterocycles. The van der Waals surface area contributed by atoms with E-state index in [4.69, 9.17) is 0 Å². The van der Waals surface area contributed by atoms with Crippen molar-refractivity contribution in [1.29, 1.82) is 0 Å². The molecule has 234 valence electrons. The van der Waals surface area contributed by atoms with Crippen LogP contribution in [-0.4, -0.2) is 80.8 Å². The van der Waals surface area contributed by atoms with Crippen molar-refractivity contribution in [3.05, 3.63) is 64.7 Å². The number of rotatable bonds is 9. The maximum atomic E-state index is 13.6. The first-order chi connectivity index (χ1) is 19.7. The Balaban J connectivity index is 0.00000506. The molecule has 1 aliphatic heterocycles. The SMILES string of the molecule is Cc1nc(N2CCN(S(=O)(=O)c3ccc(OC(F)(F)F)cc3)[C@@H](C(=O)NCc3ccc(N(C)C)cc3)C2)sc1C(=O)O.Cl. The van der Waals surface area contributed by atoms with E-state index in [-0.39, 0.29) is 48.4 Å². The molecular weight excluding hydrogens is 635 g/mol. The standard InChI is InChI=1S/C26H28F3N5O6S2.ClH/c1-16-22(24(36)37)41-25(31-16)33-12-13-34(42(38,39)20-10-8-19(9-11-20)40-26(27,28)29)21(15-33)23(35)30-14-17-4-6-18(7-5-17)32(2)3;/h4-11,21H,12-15H2,1-3H3,(H,30,35)(H,36,37);1H/t21-;/m1./s1. The molecule has 1 amide bonds. The van der Waals surface area contributed by atoms with Gasteiger partial charge in [-0.05, 0) is 48.9 Å². The molecule has 0 unspecified atom stereocenters. The molecule has 4 rings (SSSR count). The molecule has 43 heavy (non-hydrogen) atoms. The molecule has 17 heteroatoms. The number of hydrogen-bond acceptors (Lipinski definition) is 9. The van der Waals surface area contributed by atoms with E-state index in [1.165, 1.54) is 0 Å². The van der Waals surface area contributed by atoms with Gasteiger partial charge in [0.05, 0.1) is 10.6 Å². The molecule has 2 aromatic carbocycles. The second kappa shape index (κ2) is 13.4. The van der Waals surface area contributed by atoms with Crippen LogP contribution in [0.15, 0.2) is 53.4 Å². The van der Waals surface area contributed by atoms with Crippen LogP contribution in [0.5, 0.6) is 5.75 Å². The van der Waals surface area contributed by atoms with Gasteiger partial charge in [-0.2, -0.15) is 4.31 Å². The number of carboxylic acids is 1. The number of carboxylic acid groups (broad SMARTS) is 1. The summed E-state index contributed by atoms with van der Waals surface area (Å²) in [6, 6.07) is 9.87. The molecule has 2 N–H and O–H groups in total. The van der Waals surface area contributed by atoms with Gasteiger partial charge in [-0.15, -0.1) is 25.6 Å². The molecule has 11 nitrogen and oxygen atoms in total. The zero-order valence-electron chi connectivity index (χ0n) is 23.2. The third-order valence-corrected chi connectivity index (χ3v) is 9.60. The number of thiazole rings is 1. The van der Waals surface area contributed by atoms with Crippen LogP contribution in [0.25, 0.3) is 0 Å². The summed E-state index contributed by atoms with van der Waals surface area (Å²) in [4.78, 5) is 32.6. The number of aromatic carboxylic acids is 1. The largest absolute Gasteiger partial charge is 0.573 e. The molecule has 1 aliphatic rings. The van der Waals surface area contributed by atoms with Gasteiger partial charge >= 0.3 is 12.3 Å². The quantitative estimate of drug-likeness (QED) is 0.352. The Morgan fingerprint density at radius 1 is 1.12 bits per heavy atom. The van der Waals surface area contributed by atoms with Crippen molar-refractivity contribution < 1.29 is 41.0 Å². The van der Waals surface area contributed by atoms with Crippen molar-refractivity contribution in [2.75, 3.05) is 43.5 Å². The Morgan fingerprint density at radius 3 is 2.28 bits per heavy atom. The lowest BCUT2D eigenvalue weighted by Crippen LogP contribution is -2.60. The molecule has 0 radical (unpaired) electrons.